The Morgan fingerprint density at radius 2 is 2.11 bits per heavy atom. The Bertz CT molecular complexity index is 934. The van der Waals surface area contributed by atoms with Gasteiger partial charge in [0, 0.05) is 37.8 Å². The molecule has 0 unspecified atom stereocenters. The van der Waals surface area contributed by atoms with Crippen molar-refractivity contribution < 1.29 is 9.21 Å². The molecule has 3 heterocycles. The molecule has 0 radical (unpaired) electrons. The van der Waals surface area contributed by atoms with Crippen LogP contribution in [0.15, 0.2) is 47.3 Å². The number of aromatic nitrogens is 3. The molecule has 1 fully saturated rings. The fraction of sp³-hybridized carbons (Fsp3) is 0.350. The molecule has 2 aromatic heterocycles. The van der Waals surface area contributed by atoms with Crippen molar-refractivity contribution >= 4 is 18.3 Å². The Kier molecular flexibility index (Phi) is 6.16. The fourth-order valence-electron chi connectivity index (χ4n) is 3.46. The third-order valence-corrected chi connectivity index (χ3v) is 5.00. The molecule has 0 spiro atoms. The van der Waals surface area contributed by atoms with E-state index in [1.165, 1.54) is 5.56 Å². The highest BCUT2D eigenvalue weighted by Crippen LogP contribution is 2.28. The first-order valence-electron chi connectivity index (χ1n) is 9.08. The average Bonchev–Trinajstić information content (AvgIpc) is 3.40. The summed E-state index contributed by atoms with van der Waals surface area (Å²) in [6, 6.07) is 8.00. The summed E-state index contributed by atoms with van der Waals surface area (Å²) >= 11 is 0. The number of carbonyl (C=O) groups excluding carboxylic acids is 1. The fourth-order valence-corrected chi connectivity index (χ4v) is 3.46. The number of rotatable bonds is 5. The van der Waals surface area contributed by atoms with Crippen LogP contribution in [0.5, 0.6) is 0 Å². The highest BCUT2D eigenvalue weighted by atomic mass is 35.5. The zero-order valence-electron chi connectivity index (χ0n) is 15.9. The second-order valence-corrected chi connectivity index (χ2v) is 7.05. The van der Waals surface area contributed by atoms with Crippen LogP contribution in [0, 0.1) is 12.8 Å². The molecule has 8 heteroatoms. The molecule has 0 bridgehead atoms. The van der Waals surface area contributed by atoms with Gasteiger partial charge in [-0.3, -0.25) is 9.48 Å². The number of aryl methyl sites for hydroxylation is 2. The van der Waals surface area contributed by atoms with Crippen LogP contribution in [-0.2, 0) is 18.4 Å². The van der Waals surface area contributed by atoms with Gasteiger partial charge in [0.05, 0.1) is 24.4 Å². The van der Waals surface area contributed by atoms with E-state index in [0.717, 1.165) is 17.7 Å². The number of nitrogens with one attached hydrogen (secondary N) is 2. The summed E-state index contributed by atoms with van der Waals surface area (Å²) in [6.07, 6.45) is 5.41. The van der Waals surface area contributed by atoms with Gasteiger partial charge in [-0.25, -0.2) is 4.98 Å². The number of benzene rings is 1. The number of carbonyl (C=O) groups is 1. The number of halogens is 1. The van der Waals surface area contributed by atoms with Crippen LogP contribution in [0.2, 0.25) is 0 Å². The van der Waals surface area contributed by atoms with E-state index >= 15 is 0 Å². The average molecular weight is 402 g/mol. The van der Waals surface area contributed by atoms with Gasteiger partial charge in [-0.1, -0.05) is 17.7 Å². The quantitative estimate of drug-likeness (QED) is 0.685. The third-order valence-electron chi connectivity index (χ3n) is 5.00. The molecule has 1 saturated heterocycles. The lowest BCUT2D eigenvalue weighted by Crippen LogP contribution is -2.34. The summed E-state index contributed by atoms with van der Waals surface area (Å²) < 4.78 is 7.32. The van der Waals surface area contributed by atoms with E-state index in [-0.39, 0.29) is 30.2 Å². The summed E-state index contributed by atoms with van der Waals surface area (Å²) in [5.41, 5.74) is 3.91. The van der Waals surface area contributed by atoms with E-state index in [1.807, 2.05) is 50.6 Å². The SMILES string of the molecule is Cc1ccc(-c2nc(CNC(=O)[C@H]3CNC[C@@H]3c3cnn(C)c3)co2)cc1.Cl. The van der Waals surface area contributed by atoms with Crippen molar-refractivity contribution in [1.82, 2.24) is 25.4 Å². The number of oxazole rings is 1. The predicted molar refractivity (Wildman–Crippen MR) is 108 cm³/mol. The summed E-state index contributed by atoms with van der Waals surface area (Å²) in [5, 5.41) is 10.5. The van der Waals surface area contributed by atoms with E-state index in [4.69, 9.17) is 4.42 Å². The summed E-state index contributed by atoms with van der Waals surface area (Å²) in [7, 11) is 1.89. The van der Waals surface area contributed by atoms with Gasteiger partial charge in [-0.2, -0.15) is 5.10 Å². The van der Waals surface area contributed by atoms with E-state index in [1.54, 1.807) is 10.9 Å². The lowest BCUT2D eigenvalue weighted by molar-refractivity contribution is -0.125. The van der Waals surface area contributed by atoms with Crippen molar-refractivity contribution in [3.05, 3.63) is 59.7 Å². The van der Waals surface area contributed by atoms with Gasteiger partial charge in [0.2, 0.25) is 11.8 Å². The van der Waals surface area contributed by atoms with Crippen molar-refractivity contribution in [2.75, 3.05) is 13.1 Å². The summed E-state index contributed by atoms with van der Waals surface area (Å²) in [4.78, 5) is 17.2. The Morgan fingerprint density at radius 3 is 2.82 bits per heavy atom. The van der Waals surface area contributed by atoms with E-state index < -0.39 is 0 Å². The normalized spacial score (nSPS) is 18.6. The molecule has 1 aliphatic heterocycles. The van der Waals surface area contributed by atoms with Crippen LogP contribution in [0.25, 0.3) is 11.5 Å². The summed E-state index contributed by atoms with van der Waals surface area (Å²) in [5.74, 6) is 0.612. The van der Waals surface area contributed by atoms with Crippen LogP contribution in [0.1, 0.15) is 22.7 Å². The molecule has 0 aliphatic carbocycles. The maximum atomic E-state index is 12.7. The smallest absolute Gasteiger partial charge is 0.226 e. The molecule has 2 N–H and O–H groups in total. The van der Waals surface area contributed by atoms with Gasteiger partial charge in [0.25, 0.3) is 0 Å². The van der Waals surface area contributed by atoms with Gasteiger partial charge < -0.3 is 15.1 Å². The number of hydrogen-bond donors (Lipinski definition) is 2. The lowest BCUT2D eigenvalue weighted by atomic mass is 9.90. The Labute approximate surface area is 169 Å². The molecule has 28 heavy (non-hydrogen) atoms. The molecule has 148 valence electrons. The van der Waals surface area contributed by atoms with Crippen molar-refractivity contribution in [3.63, 3.8) is 0 Å². The van der Waals surface area contributed by atoms with Crippen molar-refractivity contribution in [1.29, 1.82) is 0 Å². The molecule has 1 amide bonds. The highest BCUT2D eigenvalue weighted by Gasteiger charge is 2.34. The Morgan fingerprint density at radius 1 is 1.32 bits per heavy atom. The van der Waals surface area contributed by atoms with Gasteiger partial charge in [0.1, 0.15) is 6.26 Å². The topological polar surface area (TPSA) is 85.0 Å². The zero-order chi connectivity index (χ0) is 18.8. The highest BCUT2D eigenvalue weighted by molar-refractivity contribution is 5.85. The van der Waals surface area contributed by atoms with Gasteiger partial charge in [-0.05, 0) is 24.6 Å². The standard InChI is InChI=1S/C20H23N5O2.ClH/c1-13-3-5-14(6-4-13)20-24-16(12-27-20)8-22-19(26)18-10-21-9-17(18)15-7-23-25(2)11-15;/h3-7,11-12,17-18,21H,8-10H2,1-2H3,(H,22,26);1H/t17-,18+;/m1./s1. The van der Waals surface area contributed by atoms with E-state index in [2.05, 4.69) is 20.7 Å². The summed E-state index contributed by atoms with van der Waals surface area (Å²) in [6.45, 7) is 3.84. The molecule has 1 aromatic carbocycles. The van der Waals surface area contributed by atoms with Gasteiger partial charge >= 0.3 is 0 Å². The molecular formula is C20H24ClN5O2. The maximum absolute atomic E-state index is 12.7. The van der Waals surface area contributed by atoms with Crippen molar-refractivity contribution in [2.45, 2.75) is 19.4 Å². The number of nitrogens with zero attached hydrogens (tertiary/aromatic N) is 3. The minimum atomic E-state index is -0.113. The Hall–Kier alpha value is -2.64. The van der Waals surface area contributed by atoms with Crippen LogP contribution in [0.4, 0.5) is 0 Å². The monoisotopic (exact) mass is 401 g/mol. The second kappa shape index (κ2) is 8.58. The van der Waals surface area contributed by atoms with E-state index in [0.29, 0.717) is 24.7 Å². The first-order chi connectivity index (χ1) is 13.1. The number of hydrogen-bond acceptors (Lipinski definition) is 5. The number of amides is 1. The predicted octanol–water partition coefficient (Wildman–Crippen LogP) is 2.42. The molecular weight excluding hydrogens is 378 g/mol. The van der Waals surface area contributed by atoms with Crippen LogP contribution in [-0.4, -0.2) is 33.8 Å². The van der Waals surface area contributed by atoms with Gasteiger partial charge in [-0.15, -0.1) is 12.4 Å². The first-order valence-corrected chi connectivity index (χ1v) is 9.08. The zero-order valence-corrected chi connectivity index (χ0v) is 16.7. The van der Waals surface area contributed by atoms with Crippen LogP contribution < -0.4 is 10.6 Å². The Balaban J connectivity index is 0.00000225. The van der Waals surface area contributed by atoms with Crippen LogP contribution >= 0.6 is 12.4 Å². The minimum absolute atomic E-state index is 0. The van der Waals surface area contributed by atoms with Crippen molar-refractivity contribution in [3.8, 4) is 11.5 Å². The molecule has 2 atom stereocenters. The molecule has 4 rings (SSSR count). The lowest BCUT2D eigenvalue weighted by Gasteiger charge is -2.16. The molecule has 3 aromatic rings. The first kappa shape index (κ1) is 20.1. The third kappa shape index (κ3) is 4.26. The van der Waals surface area contributed by atoms with Crippen LogP contribution in [0.3, 0.4) is 0 Å². The van der Waals surface area contributed by atoms with E-state index in [9.17, 15) is 4.79 Å². The van der Waals surface area contributed by atoms with Crippen molar-refractivity contribution in [2.24, 2.45) is 13.0 Å². The molecule has 7 nitrogen and oxygen atoms in total. The van der Waals surface area contributed by atoms with Gasteiger partial charge in [0.15, 0.2) is 0 Å². The molecule has 1 aliphatic rings. The largest absolute Gasteiger partial charge is 0.444 e. The minimum Gasteiger partial charge on any atom is -0.444 e. The second-order valence-electron chi connectivity index (χ2n) is 7.05. The maximum Gasteiger partial charge on any atom is 0.226 e. The molecule has 0 saturated carbocycles.